The fourth-order valence-corrected chi connectivity index (χ4v) is 2.04. The van der Waals surface area contributed by atoms with Gasteiger partial charge in [-0.25, -0.2) is 9.59 Å². The SMILES string of the molecule is CCC(C)[C@@H]1C(=O)O[C@H](C(C)(C)C)N1C(=O)O. The molecule has 0 aromatic heterocycles. The molecule has 3 atom stereocenters. The lowest BCUT2D eigenvalue weighted by atomic mass is 9.92. The Hall–Kier alpha value is -1.26. The summed E-state index contributed by atoms with van der Waals surface area (Å²) in [7, 11) is 0. The minimum Gasteiger partial charge on any atom is -0.465 e. The van der Waals surface area contributed by atoms with Gasteiger partial charge < -0.3 is 9.84 Å². The van der Waals surface area contributed by atoms with Gasteiger partial charge in [0.25, 0.3) is 0 Å². The van der Waals surface area contributed by atoms with Gasteiger partial charge in [0.15, 0.2) is 6.23 Å². The van der Waals surface area contributed by atoms with Gasteiger partial charge in [-0.05, 0) is 5.92 Å². The van der Waals surface area contributed by atoms with Gasteiger partial charge >= 0.3 is 12.1 Å². The zero-order chi connectivity index (χ0) is 13.4. The lowest BCUT2D eigenvalue weighted by Gasteiger charge is -2.33. The number of carbonyl (C=O) groups is 2. The molecule has 0 spiro atoms. The van der Waals surface area contributed by atoms with Gasteiger partial charge in [0.2, 0.25) is 0 Å². The Morgan fingerprint density at radius 2 is 2.06 bits per heavy atom. The number of esters is 1. The second kappa shape index (κ2) is 4.55. The number of nitrogens with zero attached hydrogens (tertiary/aromatic N) is 1. The summed E-state index contributed by atoms with van der Waals surface area (Å²) in [5, 5.41) is 9.27. The highest BCUT2D eigenvalue weighted by Gasteiger charge is 2.51. The van der Waals surface area contributed by atoms with Crippen molar-refractivity contribution in [3.8, 4) is 0 Å². The van der Waals surface area contributed by atoms with Crippen LogP contribution >= 0.6 is 0 Å². The maximum Gasteiger partial charge on any atom is 0.410 e. The van der Waals surface area contributed by atoms with Crippen LogP contribution in [0.2, 0.25) is 0 Å². The normalized spacial score (nSPS) is 26.9. The van der Waals surface area contributed by atoms with E-state index in [2.05, 4.69) is 0 Å². The van der Waals surface area contributed by atoms with Crippen molar-refractivity contribution >= 4 is 12.1 Å². The number of carbonyl (C=O) groups excluding carboxylic acids is 1. The number of amides is 1. The van der Waals surface area contributed by atoms with Crippen molar-refractivity contribution in [1.29, 1.82) is 0 Å². The van der Waals surface area contributed by atoms with Gasteiger partial charge in [0, 0.05) is 5.41 Å². The highest BCUT2D eigenvalue weighted by Crippen LogP contribution is 2.35. The van der Waals surface area contributed by atoms with Gasteiger partial charge in [0.1, 0.15) is 6.04 Å². The first kappa shape index (κ1) is 13.8. The Morgan fingerprint density at radius 3 is 2.41 bits per heavy atom. The molecule has 1 amide bonds. The van der Waals surface area contributed by atoms with E-state index < -0.39 is 29.7 Å². The van der Waals surface area contributed by atoms with Crippen LogP contribution in [-0.2, 0) is 9.53 Å². The van der Waals surface area contributed by atoms with Gasteiger partial charge in [0.05, 0.1) is 0 Å². The Kier molecular flexibility index (Phi) is 3.69. The van der Waals surface area contributed by atoms with Gasteiger partial charge in [-0.15, -0.1) is 0 Å². The van der Waals surface area contributed by atoms with Gasteiger partial charge in [-0.1, -0.05) is 41.0 Å². The van der Waals surface area contributed by atoms with Crippen molar-refractivity contribution in [3.05, 3.63) is 0 Å². The van der Waals surface area contributed by atoms with Gasteiger partial charge in [-0.2, -0.15) is 0 Å². The molecule has 1 aliphatic heterocycles. The van der Waals surface area contributed by atoms with Crippen molar-refractivity contribution in [2.45, 2.75) is 53.3 Å². The van der Waals surface area contributed by atoms with E-state index in [1.165, 1.54) is 0 Å². The van der Waals surface area contributed by atoms with Crippen LogP contribution in [0, 0.1) is 11.3 Å². The molecule has 1 saturated heterocycles. The van der Waals surface area contributed by atoms with Crippen LogP contribution in [-0.4, -0.2) is 34.3 Å². The molecule has 0 bridgehead atoms. The van der Waals surface area contributed by atoms with E-state index in [1.54, 1.807) is 0 Å². The van der Waals surface area contributed by atoms with Crippen LogP contribution in [0.15, 0.2) is 0 Å². The van der Waals surface area contributed by atoms with Gasteiger partial charge in [-0.3, -0.25) is 4.90 Å². The molecule has 0 radical (unpaired) electrons. The number of ether oxygens (including phenoxy) is 1. The first-order valence-corrected chi connectivity index (χ1v) is 5.92. The molecule has 1 fully saturated rings. The summed E-state index contributed by atoms with van der Waals surface area (Å²) in [5.41, 5.74) is -0.420. The Balaban J connectivity index is 3.07. The molecule has 98 valence electrons. The molecule has 5 heteroatoms. The first-order valence-electron chi connectivity index (χ1n) is 5.92. The molecule has 5 nitrogen and oxygen atoms in total. The molecule has 1 N–H and O–H groups in total. The third-order valence-corrected chi connectivity index (χ3v) is 3.17. The van der Waals surface area contributed by atoms with E-state index in [9.17, 15) is 14.7 Å². The Labute approximate surface area is 102 Å². The summed E-state index contributed by atoms with van der Waals surface area (Å²) in [6.45, 7) is 9.38. The third-order valence-electron chi connectivity index (χ3n) is 3.17. The Bertz CT molecular complexity index is 321. The van der Waals surface area contributed by atoms with Crippen LogP contribution in [0.5, 0.6) is 0 Å². The fraction of sp³-hybridized carbons (Fsp3) is 0.833. The van der Waals surface area contributed by atoms with Crippen LogP contribution in [0.4, 0.5) is 4.79 Å². The average molecular weight is 243 g/mol. The van der Waals surface area contributed by atoms with Crippen molar-refractivity contribution in [2.24, 2.45) is 11.3 Å². The van der Waals surface area contributed by atoms with E-state index in [-0.39, 0.29) is 5.92 Å². The van der Waals surface area contributed by atoms with Crippen LogP contribution in [0.1, 0.15) is 41.0 Å². The zero-order valence-electron chi connectivity index (χ0n) is 11.1. The molecular weight excluding hydrogens is 222 g/mol. The molecule has 0 saturated carbocycles. The maximum absolute atomic E-state index is 11.8. The van der Waals surface area contributed by atoms with Crippen LogP contribution in [0.3, 0.4) is 0 Å². The summed E-state index contributed by atoms with van der Waals surface area (Å²) in [5.74, 6) is -0.465. The lowest BCUT2D eigenvalue weighted by molar-refractivity contribution is -0.147. The zero-order valence-corrected chi connectivity index (χ0v) is 11.1. The topological polar surface area (TPSA) is 66.8 Å². The minimum atomic E-state index is -1.10. The summed E-state index contributed by atoms with van der Waals surface area (Å²) >= 11 is 0. The summed E-state index contributed by atoms with van der Waals surface area (Å²) in [6, 6.07) is -0.679. The molecule has 0 aliphatic carbocycles. The molecule has 1 aliphatic rings. The van der Waals surface area contributed by atoms with E-state index in [0.717, 1.165) is 11.3 Å². The van der Waals surface area contributed by atoms with Crippen molar-refractivity contribution in [1.82, 2.24) is 4.90 Å². The number of rotatable bonds is 2. The number of hydrogen-bond acceptors (Lipinski definition) is 3. The smallest absolute Gasteiger partial charge is 0.410 e. The molecule has 0 aromatic rings. The average Bonchev–Trinajstić information content (AvgIpc) is 2.54. The molecule has 1 rings (SSSR count). The summed E-state index contributed by atoms with van der Waals surface area (Å²) < 4.78 is 5.24. The number of carboxylic acid groups (broad SMARTS) is 1. The van der Waals surface area contributed by atoms with Crippen LogP contribution in [0.25, 0.3) is 0 Å². The molecule has 1 heterocycles. The highest BCUT2D eigenvalue weighted by atomic mass is 16.6. The lowest BCUT2D eigenvalue weighted by Crippen LogP contribution is -2.49. The maximum atomic E-state index is 11.8. The summed E-state index contributed by atoms with van der Waals surface area (Å²) in [6.07, 6.45) is -1.06. The van der Waals surface area contributed by atoms with Crippen molar-refractivity contribution in [2.75, 3.05) is 0 Å². The highest BCUT2D eigenvalue weighted by molar-refractivity contribution is 5.84. The monoisotopic (exact) mass is 243 g/mol. The summed E-state index contributed by atoms with van der Waals surface area (Å²) in [4.78, 5) is 24.3. The Morgan fingerprint density at radius 1 is 1.53 bits per heavy atom. The van der Waals surface area contributed by atoms with Crippen molar-refractivity contribution in [3.63, 3.8) is 0 Å². The predicted molar refractivity (Wildman–Crippen MR) is 62.4 cm³/mol. The van der Waals surface area contributed by atoms with E-state index in [1.807, 2.05) is 34.6 Å². The second-order valence-electron chi connectivity index (χ2n) is 5.68. The van der Waals surface area contributed by atoms with Crippen molar-refractivity contribution < 1.29 is 19.4 Å². The number of hydrogen-bond donors (Lipinski definition) is 1. The molecule has 1 unspecified atom stereocenters. The first-order chi connectivity index (χ1) is 7.70. The molecular formula is C12H21NO4. The van der Waals surface area contributed by atoms with E-state index >= 15 is 0 Å². The van der Waals surface area contributed by atoms with E-state index in [4.69, 9.17) is 4.74 Å². The largest absolute Gasteiger partial charge is 0.465 e. The predicted octanol–water partition coefficient (Wildman–Crippen LogP) is 2.31. The quantitative estimate of drug-likeness (QED) is 0.756. The standard InChI is InChI=1S/C12H21NO4/c1-6-7(2)8-9(14)17-10(12(3,4)5)13(8)11(15)16/h7-8,10H,6H2,1-5H3,(H,15,16)/t7?,8-,10-/m1/s1. The minimum absolute atomic E-state index is 0.0362. The fourth-order valence-electron chi connectivity index (χ4n) is 2.04. The van der Waals surface area contributed by atoms with Crippen LogP contribution < -0.4 is 0 Å². The third kappa shape index (κ3) is 2.53. The molecule has 17 heavy (non-hydrogen) atoms. The second-order valence-corrected chi connectivity index (χ2v) is 5.68. The van der Waals surface area contributed by atoms with E-state index in [0.29, 0.717) is 0 Å². The molecule has 0 aromatic carbocycles. The number of cyclic esters (lactones) is 1.